The number of nitrogens with one attached hydrogen (secondary N) is 1. The Bertz CT molecular complexity index is 538. The van der Waals surface area contributed by atoms with E-state index in [1.165, 1.54) is 21.9 Å². The molecule has 1 nitrogen and oxygen atoms in total. The predicted molar refractivity (Wildman–Crippen MR) is 78.7 cm³/mol. The fourth-order valence-corrected chi connectivity index (χ4v) is 3.39. The van der Waals surface area contributed by atoms with E-state index in [1.54, 1.807) is 11.3 Å². The van der Waals surface area contributed by atoms with Crippen LogP contribution in [0.1, 0.15) is 21.4 Å². The fourth-order valence-electron chi connectivity index (χ4n) is 1.89. The molecule has 0 aliphatic carbocycles. The Morgan fingerprint density at radius 2 is 2.11 bits per heavy atom. The Kier molecular flexibility index (Phi) is 4.54. The van der Waals surface area contributed by atoms with Gasteiger partial charge in [-0.05, 0) is 50.2 Å². The van der Waals surface area contributed by atoms with Crippen molar-refractivity contribution < 1.29 is 4.39 Å². The average Bonchev–Trinajstić information content (AvgIpc) is 2.75. The van der Waals surface area contributed by atoms with Crippen molar-refractivity contribution in [3.8, 4) is 0 Å². The van der Waals surface area contributed by atoms with Crippen molar-refractivity contribution >= 4 is 27.3 Å². The van der Waals surface area contributed by atoms with Crippen molar-refractivity contribution in [2.24, 2.45) is 0 Å². The van der Waals surface area contributed by atoms with Crippen molar-refractivity contribution in [3.05, 3.63) is 55.9 Å². The third-order valence-corrected chi connectivity index (χ3v) is 4.74. The van der Waals surface area contributed by atoms with E-state index in [0.717, 1.165) is 16.5 Å². The SMILES string of the molecule is CNC(Cc1ccc(F)cc1Br)c1ccc(C)s1. The van der Waals surface area contributed by atoms with Crippen LogP contribution >= 0.6 is 27.3 Å². The molecule has 1 unspecified atom stereocenters. The monoisotopic (exact) mass is 327 g/mol. The summed E-state index contributed by atoms with van der Waals surface area (Å²) in [6.45, 7) is 2.11. The normalized spacial score (nSPS) is 12.7. The van der Waals surface area contributed by atoms with Crippen LogP contribution in [0.2, 0.25) is 0 Å². The first-order valence-corrected chi connectivity index (χ1v) is 7.38. The zero-order valence-electron chi connectivity index (χ0n) is 10.3. The summed E-state index contributed by atoms with van der Waals surface area (Å²) in [5.41, 5.74) is 1.11. The molecule has 1 aromatic heterocycles. The number of hydrogen-bond donors (Lipinski definition) is 1. The van der Waals surface area contributed by atoms with Gasteiger partial charge in [0.2, 0.25) is 0 Å². The van der Waals surface area contributed by atoms with E-state index in [4.69, 9.17) is 0 Å². The molecule has 1 N–H and O–H groups in total. The third-order valence-electron chi connectivity index (χ3n) is 2.89. The van der Waals surface area contributed by atoms with Gasteiger partial charge < -0.3 is 5.32 Å². The molecule has 0 saturated carbocycles. The highest BCUT2D eigenvalue weighted by Crippen LogP contribution is 2.28. The van der Waals surface area contributed by atoms with Crippen LogP contribution in [0.4, 0.5) is 4.39 Å². The standard InChI is InChI=1S/C14H15BrFNS/c1-9-3-6-14(18-9)13(17-2)7-10-4-5-11(16)8-12(10)15/h3-6,8,13,17H,7H2,1-2H3. The topological polar surface area (TPSA) is 12.0 Å². The molecule has 1 atom stereocenters. The highest BCUT2D eigenvalue weighted by molar-refractivity contribution is 9.10. The zero-order chi connectivity index (χ0) is 13.1. The van der Waals surface area contributed by atoms with Gasteiger partial charge in [-0.15, -0.1) is 11.3 Å². The van der Waals surface area contributed by atoms with Crippen LogP contribution < -0.4 is 5.32 Å². The van der Waals surface area contributed by atoms with E-state index in [9.17, 15) is 4.39 Å². The van der Waals surface area contributed by atoms with Crippen LogP contribution in [0.5, 0.6) is 0 Å². The van der Waals surface area contributed by atoms with E-state index in [-0.39, 0.29) is 11.9 Å². The molecule has 1 aromatic carbocycles. The summed E-state index contributed by atoms with van der Waals surface area (Å²) in [5.74, 6) is -0.210. The molecule has 0 bridgehead atoms. The summed E-state index contributed by atoms with van der Waals surface area (Å²) >= 11 is 5.21. The first kappa shape index (κ1) is 13.7. The van der Waals surface area contributed by atoms with Crippen molar-refractivity contribution in [1.29, 1.82) is 0 Å². The minimum Gasteiger partial charge on any atom is -0.312 e. The zero-order valence-corrected chi connectivity index (χ0v) is 12.7. The lowest BCUT2D eigenvalue weighted by Crippen LogP contribution is -2.17. The summed E-state index contributed by atoms with van der Waals surface area (Å²) in [6.07, 6.45) is 0.845. The Labute approximate surface area is 119 Å². The van der Waals surface area contributed by atoms with Crippen LogP contribution in [-0.4, -0.2) is 7.05 Å². The molecular formula is C14H15BrFNS. The van der Waals surface area contributed by atoms with Crippen molar-refractivity contribution in [2.75, 3.05) is 7.05 Å². The van der Waals surface area contributed by atoms with Gasteiger partial charge in [-0.2, -0.15) is 0 Å². The van der Waals surface area contributed by atoms with Gasteiger partial charge in [-0.25, -0.2) is 4.39 Å². The molecule has 96 valence electrons. The molecule has 0 aliphatic rings. The van der Waals surface area contributed by atoms with Crippen molar-refractivity contribution in [2.45, 2.75) is 19.4 Å². The largest absolute Gasteiger partial charge is 0.312 e. The number of hydrogen-bond acceptors (Lipinski definition) is 2. The summed E-state index contributed by atoms with van der Waals surface area (Å²) in [7, 11) is 1.96. The van der Waals surface area contributed by atoms with Gasteiger partial charge >= 0.3 is 0 Å². The van der Waals surface area contributed by atoms with Gasteiger partial charge in [0.15, 0.2) is 0 Å². The first-order valence-electron chi connectivity index (χ1n) is 5.77. The molecule has 0 saturated heterocycles. The second kappa shape index (κ2) is 5.95. The molecule has 18 heavy (non-hydrogen) atoms. The first-order chi connectivity index (χ1) is 8.60. The van der Waals surface area contributed by atoms with Crippen LogP contribution in [-0.2, 0) is 6.42 Å². The number of likely N-dealkylation sites (N-methyl/N-ethyl adjacent to an activating group) is 1. The van der Waals surface area contributed by atoms with Gasteiger partial charge in [0.25, 0.3) is 0 Å². The number of halogens is 2. The minimum absolute atomic E-state index is 0.210. The van der Waals surface area contributed by atoms with Crippen molar-refractivity contribution in [3.63, 3.8) is 0 Å². The maximum atomic E-state index is 13.0. The molecule has 0 fully saturated rings. The van der Waals surface area contributed by atoms with Gasteiger partial charge in [-0.3, -0.25) is 0 Å². The lowest BCUT2D eigenvalue weighted by Gasteiger charge is -2.15. The highest BCUT2D eigenvalue weighted by atomic mass is 79.9. The smallest absolute Gasteiger partial charge is 0.124 e. The van der Waals surface area contributed by atoms with Gasteiger partial charge in [0, 0.05) is 20.3 Å². The minimum atomic E-state index is -0.210. The van der Waals surface area contributed by atoms with Crippen LogP contribution in [0.3, 0.4) is 0 Å². The van der Waals surface area contributed by atoms with E-state index in [0.29, 0.717) is 0 Å². The molecule has 1 heterocycles. The summed E-state index contributed by atoms with van der Waals surface area (Å²) < 4.78 is 13.9. The van der Waals surface area contributed by atoms with Gasteiger partial charge in [-0.1, -0.05) is 22.0 Å². The van der Waals surface area contributed by atoms with Crippen LogP contribution in [0.25, 0.3) is 0 Å². The van der Waals surface area contributed by atoms with Crippen molar-refractivity contribution in [1.82, 2.24) is 5.32 Å². The number of benzene rings is 1. The number of rotatable bonds is 4. The predicted octanol–water partition coefficient (Wildman–Crippen LogP) is 4.46. The van der Waals surface area contributed by atoms with Gasteiger partial charge in [0.05, 0.1) is 0 Å². The molecule has 0 radical (unpaired) electrons. The Hall–Kier alpha value is -0.710. The Morgan fingerprint density at radius 3 is 2.67 bits per heavy atom. The lowest BCUT2D eigenvalue weighted by molar-refractivity contribution is 0.596. The fraction of sp³-hybridized carbons (Fsp3) is 0.286. The maximum absolute atomic E-state index is 13.0. The van der Waals surface area contributed by atoms with Gasteiger partial charge in [0.1, 0.15) is 5.82 Å². The average molecular weight is 328 g/mol. The van der Waals surface area contributed by atoms with E-state index in [2.05, 4.69) is 40.3 Å². The second-order valence-electron chi connectivity index (χ2n) is 4.23. The maximum Gasteiger partial charge on any atom is 0.124 e. The number of aryl methyl sites for hydroxylation is 1. The Morgan fingerprint density at radius 1 is 1.33 bits per heavy atom. The van der Waals surface area contributed by atoms with E-state index in [1.807, 2.05) is 13.1 Å². The quantitative estimate of drug-likeness (QED) is 0.874. The molecule has 4 heteroatoms. The van der Waals surface area contributed by atoms with Crippen LogP contribution in [0.15, 0.2) is 34.8 Å². The number of thiophene rings is 1. The molecule has 0 amide bonds. The highest BCUT2D eigenvalue weighted by Gasteiger charge is 2.14. The third kappa shape index (κ3) is 3.19. The molecule has 2 rings (SSSR count). The molecule has 0 spiro atoms. The van der Waals surface area contributed by atoms with Crippen LogP contribution in [0, 0.1) is 12.7 Å². The Balaban J connectivity index is 2.20. The molecule has 0 aliphatic heterocycles. The lowest BCUT2D eigenvalue weighted by atomic mass is 10.0. The second-order valence-corrected chi connectivity index (χ2v) is 6.40. The van der Waals surface area contributed by atoms with E-state index < -0.39 is 0 Å². The summed E-state index contributed by atoms with van der Waals surface area (Å²) in [6, 6.07) is 9.41. The summed E-state index contributed by atoms with van der Waals surface area (Å²) in [4.78, 5) is 2.62. The molecule has 2 aromatic rings. The summed E-state index contributed by atoms with van der Waals surface area (Å²) in [5, 5.41) is 3.32. The molecular weight excluding hydrogens is 313 g/mol. The van der Waals surface area contributed by atoms with E-state index >= 15 is 0 Å².